The van der Waals surface area contributed by atoms with E-state index in [4.69, 9.17) is 17.2 Å². The van der Waals surface area contributed by atoms with Crippen molar-refractivity contribution in [2.75, 3.05) is 6.54 Å². The van der Waals surface area contributed by atoms with E-state index >= 15 is 0 Å². The maximum atomic E-state index is 13.3. The molecule has 0 saturated carbocycles. The molecule has 0 aliphatic heterocycles. The fourth-order valence-electron chi connectivity index (χ4n) is 4.43. The van der Waals surface area contributed by atoms with Gasteiger partial charge in [0, 0.05) is 30.1 Å². The van der Waals surface area contributed by atoms with Gasteiger partial charge in [0.1, 0.15) is 23.9 Å². The summed E-state index contributed by atoms with van der Waals surface area (Å²) in [5.74, 6) is -3.27. The van der Waals surface area contributed by atoms with Crippen molar-refractivity contribution >= 4 is 40.6 Å². The third-order valence-corrected chi connectivity index (χ3v) is 6.77. The van der Waals surface area contributed by atoms with E-state index in [1.54, 1.807) is 18.3 Å². The number of benzene rings is 2. The van der Waals surface area contributed by atoms with Crippen LogP contribution in [0.1, 0.15) is 30.9 Å². The van der Waals surface area contributed by atoms with Gasteiger partial charge < -0.3 is 48.3 Å². The largest absolute Gasteiger partial charge is 0.508 e. The van der Waals surface area contributed by atoms with Crippen molar-refractivity contribution in [1.82, 2.24) is 20.9 Å². The molecule has 0 radical (unpaired) electrons. The molecule has 4 unspecified atom stereocenters. The number of H-pyrrole nitrogens is 1. The molecular weight excluding hydrogens is 556 g/mol. The molecule has 14 nitrogen and oxygen atoms in total. The molecule has 1 heterocycles. The highest BCUT2D eigenvalue weighted by atomic mass is 16.4. The summed E-state index contributed by atoms with van der Waals surface area (Å²) < 4.78 is 0. The SMILES string of the molecule is CC(NC(=O)C(N)Cc1ccc(O)cc1)C(=O)NC(CCCN=C(N)N)C(=O)NC(Cc1c[nH]c2ccccc12)C(=O)O. The molecule has 3 aromatic rings. The van der Waals surface area contributed by atoms with Crippen LogP contribution in [0.2, 0.25) is 0 Å². The Bertz CT molecular complexity index is 1450. The van der Waals surface area contributed by atoms with Gasteiger partial charge in [-0.05, 0) is 55.5 Å². The van der Waals surface area contributed by atoms with Crippen molar-refractivity contribution in [3.63, 3.8) is 0 Å². The zero-order valence-corrected chi connectivity index (χ0v) is 23.7. The highest BCUT2D eigenvalue weighted by Crippen LogP contribution is 2.19. The molecule has 0 saturated heterocycles. The fraction of sp³-hybridized carbons (Fsp3) is 0.345. The van der Waals surface area contributed by atoms with Crippen LogP contribution in [0.5, 0.6) is 5.75 Å². The smallest absolute Gasteiger partial charge is 0.326 e. The van der Waals surface area contributed by atoms with Crippen molar-refractivity contribution < 1.29 is 29.4 Å². The number of carbonyl (C=O) groups excluding carboxylic acids is 3. The predicted molar refractivity (Wildman–Crippen MR) is 161 cm³/mol. The van der Waals surface area contributed by atoms with Gasteiger partial charge in [-0.2, -0.15) is 0 Å². The number of carboxylic acids is 1. The van der Waals surface area contributed by atoms with Gasteiger partial charge in [0.25, 0.3) is 0 Å². The van der Waals surface area contributed by atoms with Crippen LogP contribution in [-0.2, 0) is 32.0 Å². The average Bonchev–Trinajstić information content (AvgIpc) is 3.37. The molecule has 2 aromatic carbocycles. The number of fused-ring (bicyclic) bond motifs is 1. The summed E-state index contributed by atoms with van der Waals surface area (Å²) in [5, 5.41) is 27.8. The number of carboxylic acid groups (broad SMARTS) is 1. The first-order valence-electron chi connectivity index (χ1n) is 13.7. The number of phenols is 1. The summed E-state index contributed by atoms with van der Waals surface area (Å²) in [7, 11) is 0. The number of nitrogens with zero attached hydrogens (tertiary/aromatic N) is 1. The van der Waals surface area contributed by atoms with Crippen molar-refractivity contribution in [2.24, 2.45) is 22.2 Å². The summed E-state index contributed by atoms with van der Waals surface area (Å²) in [4.78, 5) is 58.0. The molecule has 4 atom stereocenters. The summed E-state index contributed by atoms with van der Waals surface area (Å²) in [5.41, 5.74) is 19.0. The first-order valence-corrected chi connectivity index (χ1v) is 13.7. The van der Waals surface area contributed by atoms with Crippen LogP contribution < -0.4 is 33.2 Å². The molecule has 12 N–H and O–H groups in total. The number of aliphatic carboxylic acids is 1. The van der Waals surface area contributed by atoms with Gasteiger partial charge >= 0.3 is 5.97 Å². The van der Waals surface area contributed by atoms with E-state index in [2.05, 4.69) is 25.9 Å². The zero-order valence-electron chi connectivity index (χ0n) is 23.7. The van der Waals surface area contributed by atoms with Gasteiger partial charge in [-0.1, -0.05) is 30.3 Å². The van der Waals surface area contributed by atoms with E-state index in [1.807, 2.05) is 24.3 Å². The van der Waals surface area contributed by atoms with E-state index in [1.165, 1.54) is 19.1 Å². The Morgan fingerprint density at radius 3 is 2.26 bits per heavy atom. The van der Waals surface area contributed by atoms with Crippen molar-refractivity contribution in [3.8, 4) is 5.75 Å². The Balaban J connectivity index is 1.65. The number of aromatic nitrogens is 1. The lowest BCUT2D eigenvalue weighted by atomic mass is 10.0. The number of carbonyl (C=O) groups is 4. The molecule has 230 valence electrons. The molecular formula is C29H38N8O6. The number of guanidine groups is 1. The van der Waals surface area contributed by atoms with Crippen LogP contribution in [0, 0.1) is 0 Å². The Kier molecular flexibility index (Phi) is 11.5. The minimum absolute atomic E-state index is 0.00509. The van der Waals surface area contributed by atoms with E-state index in [-0.39, 0.29) is 37.5 Å². The number of para-hydroxylation sites is 1. The van der Waals surface area contributed by atoms with Gasteiger partial charge in [-0.25, -0.2) is 4.79 Å². The quantitative estimate of drug-likeness (QED) is 0.0629. The van der Waals surface area contributed by atoms with Crippen molar-refractivity contribution in [1.29, 1.82) is 0 Å². The molecule has 1 aromatic heterocycles. The van der Waals surface area contributed by atoms with Crippen LogP contribution in [0.3, 0.4) is 0 Å². The summed E-state index contributed by atoms with van der Waals surface area (Å²) in [6, 6.07) is 9.14. The van der Waals surface area contributed by atoms with Gasteiger partial charge in [-0.15, -0.1) is 0 Å². The molecule has 0 aliphatic rings. The number of amides is 3. The maximum absolute atomic E-state index is 13.3. The minimum atomic E-state index is -1.28. The molecule has 43 heavy (non-hydrogen) atoms. The number of nitrogens with one attached hydrogen (secondary N) is 4. The Labute approximate surface area is 248 Å². The second-order valence-electron chi connectivity index (χ2n) is 10.2. The number of hydrogen-bond donors (Lipinski definition) is 9. The number of aliphatic imine (C=N–C) groups is 1. The van der Waals surface area contributed by atoms with Crippen LogP contribution in [0.4, 0.5) is 0 Å². The third kappa shape index (κ3) is 9.74. The lowest BCUT2D eigenvalue weighted by Crippen LogP contribution is -2.56. The number of phenolic OH excluding ortho intramolecular Hbond substituents is 1. The topological polar surface area (TPSA) is 251 Å². The van der Waals surface area contributed by atoms with Crippen LogP contribution in [0.15, 0.2) is 59.7 Å². The summed E-state index contributed by atoms with van der Waals surface area (Å²) in [6.45, 7) is 1.62. The van der Waals surface area contributed by atoms with Gasteiger partial charge in [-0.3, -0.25) is 19.4 Å². The molecule has 0 bridgehead atoms. The molecule has 0 fully saturated rings. The number of rotatable bonds is 15. The highest BCUT2D eigenvalue weighted by Gasteiger charge is 2.29. The van der Waals surface area contributed by atoms with Gasteiger partial charge in [0.05, 0.1) is 6.04 Å². The summed E-state index contributed by atoms with van der Waals surface area (Å²) >= 11 is 0. The van der Waals surface area contributed by atoms with Crippen LogP contribution in [0.25, 0.3) is 10.9 Å². The molecule has 0 spiro atoms. The standard InChI is InChI=1S/C29H38N8O6/c1-16(35-26(40)21(30)13-17-8-10-19(38)11-9-17)25(39)36-23(7-4-12-33-29(31)32)27(41)37-24(28(42)43)14-18-15-34-22-6-3-2-5-20(18)22/h2-3,5-6,8-11,15-16,21,23-24,34,38H,4,7,12-14,30H2,1H3,(H,35,40)(H,36,39)(H,37,41)(H,42,43)(H4,31,32,33). The Morgan fingerprint density at radius 1 is 0.907 bits per heavy atom. The number of hydrogen-bond acceptors (Lipinski definition) is 7. The van der Waals surface area contributed by atoms with Crippen LogP contribution in [-0.4, -0.2) is 75.6 Å². The normalized spacial score (nSPS) is 13.7. The summed E-state index contributed by atoms with van der Waals surface area (Å²) in [6.07, 6.45) is 2.26. The lowest BCUT2D eigenvalue weighted by Gasteiger charge is -2.24. The first kappa shape index (κ1) is 32.4. The number of aromatic hydroxyl groups is 1. The Morgan fingerprint density at radius 2 is 1.58 bits per heavy atom. The fourth-order valence-corrected chi connectivity index (χ4v) is 4.43. The highest BCUT2D eigenvalue weighted by molar-refractivity contribution is 5.94. The second-order valence-corrected chi connectivity index (χ2v) is 10.2. The van der Waals surface area contributed by atoms with E-state index < -0.39 is 47.9 Å². The first-order chi connectivity index (χ1) is 20.4. The lowest BCUT2D eigenvalue weighted by molar-refractivity contribution is -0.142. The molecule has 14 heteroatoms. The predicted octanol–water partition coefficient (Wildman–Crippen LogP) is -0.401. The number of nitrogens with two attached hydrogens (primary N) is 3. The van der Waals surface area contributed by atoms with Gasteiger partial charge in [0.2, 0.25) is 17.7 Å². The van der Waals surface area contributed by atoms with E-state index in [9.17, 15) is 29.4 Å². The Hall–Kier alpha value is -5.11. The van der Waals surface area contributed by atoms with E-state index in [0.29, 0.717) is 12.0 Å². The minimum Gasteiger partial charge on any atom is -0.508 e. The van der Waals surface area contributed by atoms with Crippen molar-refractivity contribution in [2.45, 2.75) is 56.8 Å². The zero-order chi connectivity index (χ0) is 31.5. The molecule has 3 amide bonds. The average molecular weight is 595 g/mol. The van der Waals surface area contributed by atoms with E-state index in [0.717, 1.165) is 16.5 Å². The number of aromatic amines is 1. The van der Waals surface area contributed by atoms with Crippen molar-refractivity contribution in [3.05, 3.63) is 65.9 Å². The van der Waals surface area contributed by atoms with Gasteiger partial charge in [0.15, 0.2) is 5.96 Å². The van der Waals surface area contributed by atoms with Crippen LogP contribution >= 0.6 is 0 Å². The third-order valence-electron chi connectivity index (χ3n) is 6.77. The maximum Gasteiger partial charge on any atom is 0.326 e. The second kappa shape index (κ2) is 15.2. The molecule has 3 rings (SSSR count). The molecule has 0 aliphatic carbocycles. The monoisotopic (exact) mass is 594 g/mol.